The van der Waals surface area contributed by atoms with Crippen LogP contribution in [0.4, 0.5) is 0 Å². The molecule has 0 radical (unpaired) electrons. The van der Waals surface area contributed by atoms with E-state index < -0.39 is 5.41 Å². The molecule has 0 amide bonds. The van der Waals surface area contributed by atoms with Gasteiger partial charge in [-0.05, 0) is 59.2 Å². The van der Waals surface area contributed by atoms with E-state index in [-0.39, 0.29) is 6.61 Å². The standard InChI is InChI=1S/C17H20INO/c1-13-3-2-4-15(9-13)17(11-19,12-20)10-14-5-7-16(18)8-6-14/h2-9,20H,10-12,19H2,1H3. The lowest BCUT2D eigenvalue weighted by Gasteiger charge is -2.31. The molecule has 0 heterocycles. The highest BCUT2D eigenvalue weighted by Crippen LogP contribution is 2.28. The van der Waals surface area contributed by atoms with Gasteiger partial charge in [-0.2, -0.15) is 0 Å². The fraction of sp³-hybridized carbons (Fsp3) is 0.294. The van der Waals surface area contributed by atoms with E-state index in [0.717, 1.165) is 12.0 Å². The summed E-state index contributed by atoms with van der Waals surface area (Å²) in [6.45, 7) is 2.55. The van der Waals surface area contributed by atoms with Gasteiger partial charge in [-0.3, -0.25) is 0 Å². The Kier molecular flexibility index (Phi) is 5.18. The van der Waals surface area contributed by atoms with Gasteiger partial charge in [0.15, 0.2) is 0 Å². The Morgan fingerprint density at radius 3 is 2.40 bits per heavy atom. The minimum atomic E-state index is -0.404. The molecule has 2 aromatic rings. The molecule has 0 aliphatic rings. The summed E-state index contributed by atoms with van der Waals surface area (Å²) in [6.07, 6.45) is 0.750. The van der Waals surface area contributed by atoms with Crippen molar-refractivity contribution in [2.45, 2.75) is 18.8 Å². The summed E-state index contributed by atoms with van der Waals surface area (Å²) < 4.78 is 1.21. The predicted octanol–water partition coefficient (Wildman–Crippen LogP) is 3.03. The number of aryl methyl sites for hydroxylation is 1. The van der Waals surface area contributed by atoms with Crippen molar-refractivity contribution in [3.63, 3.8) is 0 Å². The Hall–Kier alpha value is -0.910. The Balaban J connectivity index is 2.36. The average molecular weight is 381 g/mol. The third kappa shape index (κ3) is 3.40. The fourth-order valence-corrected chi connectivity index (χ4v) is 2.83. The number of hydrogen-bond acceptors (Lipinski definition) is 2. The molecular formula is C17H20INO. The second kappa shape index (κ2) is 6.70. The lowest BCUT2D eigenvalue weighted by Crippen LogP contribution is -2.41. The van der Waals surface area contributed by atoms with Crippen LogP contribution in [0.15, 0.2) is 48.5 Å². The normalized spacial score (nSPS) is 14.0. The molecule has 0 fully saturated rings. The molecule has 2 rings (SSSR count). The predicted molar refractivity (Wildman–Crippen MR) is 91.9 cm³/mol. The van der Waals surface area contributed by atoms with Crippen LogP contribution in [0.1, 0.15) is 16.7 Å². The molecule has 0 spiro atoms. The Bertz CT molecular complexity index is 561. The van der Waals surface area contributed by atoms with Crippen molar-refractivity contribution in [3.8, 4) is 0 Å². The molecular weight excluding hydrogens is 361 g/mol. The third-order valence-corrected chi connectivity index (χ3v) is 4.50. The van der Waals surface area contributed by atoms with E-state index in [1.165, 1.54) is 14.7 Å². The van der Waals surface area contributed by atoms with Gasteiger partial charge >= 0.3 is 0 Å². The van der Waals surface area contributed by atoms with Gasteiger partial charge in [0, 0.05) is 15.5 Å². The summed E-state index contributed by atoms with van der Waals surface area (Å²) in [5.41, 5.74) is 9.12. The smallest absolute Gasteiger partial charge is 0.0543 e. The topological polar surface area (TPSA) is 46.2 Å². The van der Waals surface area contributed by atoms with Crippen molar-refractivity contribution in [1.82, 2.24) is 0 Å². The largest absolute Gasteiger partial charge is 0.395 e. The van der Waals surface area contributed by atoms with Crippen LogP contribution < -0.4 is 5.73 Å². The molecule has 2 aromatic carbocycles. The van der Waals surface area contributed by atoms with Crippen molar-refractivity contribution in [3.05, 3.63) is 68.8 Å². The molecule has 0 aliphatic heterocycles. The van der Waals surface area contributed by atoms with Crippen molar-refractivity contribution in [1.29, 1.82) is 0 Å². The van der Waals surface area contributed by atoms with Crippen LogP contribution in [0.5, 0.6) is 0 Å². The second-order valence-corrected chi connectivity index (χ2v) is 6.56. The first kappa shape index (κ1) is 15.5. The molecule has 0 bridgehead atoms. The molecule has 0 saturated carbocycles. The van der Waals surface area contributed by atoms with Gasteiger partial charge < -0.3 is 10.8 Å². The second-order valence-electron chi connectivity index (χ2n) is 5.32. The number of benzene rings is 2. The zero-order valence-electron chi connectivity index (χ0n) is 11.6. The van der Waals surface area contributed by atoms with Crippen molar-refractivity contribution in [2.75, 3.05) is 13.2 Å². The lowest BCUT2D eigenvalue weighted by atomic mass is 9.76. The molecule has 1 atom stereocenters. The van der Waals surface area contributed by atoms with Crippen molar-refractivity contribution in [2.24, 2.45) is 5.73 Å². The summed E-state index contributed by atoms with van der Waals surface area (Å²) in [5, 5.41) is 9.96. The monoisotopic (exact) mass is 381 g/mol. The highest BCUT2D eigenvalue weighted by Gasteiger charge is 2.30. The Labute approximate surface area is 134 Å². The fourth-order valence-electron chi connectivity index (χ4n) is 2.47. The Morgan fingerprint density at radius 1 is 1.15 bits per heavy atom. The summed E-state index contributed by atoms with van der Waals surface area (Å²) in [7, 11) is 0. The quantitative estimate of drug-likeness (QED) is 0.783. The van der Waals surface area contributed by atoms with Gasteiger partial charge in [0.1, 0.15) is 0 Å². The van der Waals surface area contributed by atoms with Gasteiger partial charge in [-0.25, -0.2) is 0 Å². The zero-order valence-corrected chi connectivity index (χ0v) is 13.8. The molecule has 0 saturated heterocycles. The first-order valence-electron chi connectivity index (χ1n) is 6.72. The van der Waals surface area contributed by atoms with Gasteiger partial charge in [-0.1, -0.05) is 42.0 Å². The molecule has 3 heteroatoms. The van der Waals surface area contributed by atoms with E-state index in [4.69, 9.17) is 5.73 Å². The van der Waals surface area contributed by atoms with Gasteiger partial charge in [-0.15, -0.1) is 0 Å². The molecule has 20 heavy (non-hydrogen) atoms. The minimum Gasteiger partial charge on any atom is -0.395 e. The maximum atomic E-state index is 9.96. The van der Waals surface area contributed by atoms with Crippen LogP contribution in [0.2, 0.25) is 0 Å². The zero-order chi connectivity index (χ0) is 14.6. The Morgan fingerprint density at radius 2 is 1.85 bits per heavy atom. The summed E-state index contributed by atoms with van der Waals surface area (Å²) in [4.78, 5) is 0. The number of hydrogen-bond donors (Lipinski definition) is 2. The molecule has 1 unspecified atom stereocenters. The van der Waals surface area contributed by atoms with Gasteiger partial charge in [0.05, 0.1) is 6.61 Å². The van der Waals surface area contributed by atoms with Gasteiger partial charge in [0.2, 0.25) is 0 Å². The average Bonchev–Trinajstić information content (AvgIpc) is 2.47. The highest BCUT2D eigenvalue weighted by atomic mass is 127. The van der Waals surface area contributed by atoms with Crippen molar-refractivity contribution < 1.29 is 5.11 Å². The maximum absolute atomic E-state index is 9.96. The highest BCUT2D eigenvalue weighted by molar-refractivity contribution is 14.1. The van der Waals surface area contributed by atoms with Crippen LogP contribution in [0.25, 0.3) is 0 Å². The van der Waals surface area contributed by atoms with Crippen LogP contribution in [-0.4, -0.2) is 18.3 Å². The summed E-state index contributed by atoms with van der Waals surface area (Å²) in [6, 6.07) is 16.7. The maximum Gasteiger partial charge on any atom is 0.0543 e. The number of nitrogens with two attached hydrogens (primary N) is 1. The van der Waals surface area contributed by atoms with Crippen LogP contribution in [0.3, 0.4) is 0 Å². The van der Waals surface area contributed by atoms with E-state index in [1.807, 2.05) is 6.07 Å². The van der Waals surface area contributed by atoms with E-state index in [2.05, 4.69) is 72.0 Å². The van der Waals surface area contributed by atoms with Crippen LogP contribution in [-0.2, 0) is 11.8 Å². The van der Waals surface area contributed by atoms with Crippen LogP contribution >= 0.6 is 22.6 Å². The number of aliphatic hydroxyl groups excluding tert-OH is 1. The SMILES string of the molecule is Cc1cccc(C(CN)(CO)Cc2ccc(I)cc2)c1. The van der Waals surface area contributed by atoms with E-state index >= 15 is 0 Å². The molecule has 2 nitrogen and oxygen atoms in total. The van der Waals surface area contributed by atoms with Crippen LogP contribution in [0, 0.1) is 10.5 Å². The van der Waals surface area contributed by atoms with E-state index in [1.54, 1.807) is 0 Å². The minimum absolute atomic E-state index is 0.0545. The first-order chi connectivity index (χ1) is 9.59. The van der Waals surface area contributed by atoms with Gasteiger partial charge in [0.25, 0.3) is 0 Å². The first-order valence-corrected chi connectivity index (χ1v) is 7.80. The lowest BCUT2D eigenvalue weighted by molar-refractivity contribution is 0.196. The van der Waals surface area contributed by atoms with E-state index in [0.29, 0.717) is 6.54 Å². The molecule has 3 N–H and O–H groups in total. The third-order valence-electron chi connectivity index (χ3n) is 3.78. The molecule has 0 aromatic heterocycles. The number of halogens is 1. The summed E-state index contributed by atoms with van der Waals surface area (Å²) >= 11 is 2.29. The molecule has 106 valence electrons. The molecule has 0 aliphatic carbocycles. The van der Waals surface area contributed by atoms with Crippen molar-refractivity contribution >= 4 is 22.6 Å². The summed E-state index contributed by atoms with van der Waals surface area (Å²) in [5.74, 6) is 0. The van der Waals surface area contributed by atoms with E-state index in [9.17, 15) is 5.11 Å². The number of rotatable bonds is 5. The number of aliphatic hydroxyl groups is 1.